The molecule has 0 bridgehead atoms. The molecule has 1 aromatic carbocycles. The smallest absolute Gasteiger partial charge is 0.128 e. The average Bonchev–Trinajstić information content (AvgIpc) is 2.40. The van der Waals surface area contributed by atoms with Crippen LogP contribution in [0.3, 0.4) is 0 Å². The SMILES string of the molecule is CC1CCC(OCc2cc(C#N)ccc2F)CC1. The number of hydrogen-bond acceptors (Lipinski definition) is 2. The number of nitrogens with zero attached hydrogens (tertiary/aromatic N) is 1. The highest BCUT2D eigenvalue weighted by Gasteiger charge is 2.19. The molecular weight excluding hydrogens is 229 g/mol. The predicted molar refractivity (Wildman–Crippen MR) is 67.3 cm³/mol. The Labute approximate surface area is 107 Å². The molecule has 0 unspecified atom stereocenters. The van der Waals surface area contributed by atoms with Gasteiger partial charge in [0.25, 0.3) is 0 Å². The van der Waals surface area contributed by atoms with Crippen LogP contribution in [0.25, 0.3) is 0 Å². The first-order chi connectivity index (χ1) is 8.69. The Balaban J connectivity index is 1.92. The molecule has 0 saturated heterocycles. The molecule has 2 nitrogen and oxygen atoms in total. The van der Waals surface area contributed by atoms with Gasteiger partial charge in [-0.3, -0.25) is 0 Å². The van der Waals surface area contributed by atoms with Gasteiger partial charge in [0.1, 0.15) is 5.82 Å². The van der Waals surface area contributed by atoms with Gasteiger partial charge in [-0.2, -0.15) is 5.26 Å². The average molecular weight is 247 g/mol. The van der Waals surface area contributed by atoms with E-state index in [0.717, 1.165) is 18.8 Å². The van der Waals surface area contributed by atoms with Crippen LogP contribution in [-0.4, -0.2) is 6.10 Å². The molecule has 3 heteroatoms. The minimum absolute atomic E-state index is 0.242. The number of halogens is 1. The van der Waals surface area contributed by atoms with Crippen LogP contribution in [0.15, 0.2) is 18.2 Å². The van der Waals surface area contributed by atoms with Gasteiger partial charge >= 0.3 is 0 Å². The fraction of sp³-hybridized carbons (Fsp3) is 0.533. The second-order valence-electron chi connectivity index (χ2n) is 5.11. The first kappa shape index (κ1) is 13.0. The van der Waals surface area contributed by atoms with Gasteiger partial charge in [-0.05, 0) is 49.8 Å². The maximum atomic E-state index is 13.5. The summed E-state index contributed by atoms with van der Waals surface area (Å²) < 4.78 is 19.3. The van der Waals surface area contributed by atoms with Crippen LogP contribution < -0.4 is 0 Å². The summed E-state index contributed by atoms with van der Waals surface area (Å²) in [6, 6.07) is 6.41. The van der Waals surface area contributed by atoms with Crippen LogP contribution in [0.4, 0.5) is 4.39 Å². The van der Waals surface area contributed by atoms with E-state index in [1.165, 1.54) is 25.0 Å². The molecule has 0 aromatic heterocycles. The van der Waals surface area contributed by atoms with Gasteiger partial charge in [-0.1, -0.05) is 6.92 Å². The number of benzene rings is 1. The molecule has 2 rings (SSSR count). The van der Waals surface area contributed by atoms with Crippen molar-refractivity contribution in [3.05, 3.63) is 35.1 Å². The molecular formula is C15H18FNO. The highest BCUT2D eigenvalue weighted by molar-refractivity contribution is 5.33. The molecule has 1 aromatic rings. The summed E-state index contributed by atoms with van der Waals surface area (Å²) in [5.41, 5.74) is 0.958. The van der Waals surface area contributed by atoms with E-state index in [-0.39, 0.29) is 18.5 Å². The molecule has 0 heterocycles. The molecule has 1 aliphatic carbocycles. The van der Waals surface area contributed by atoms with Crippen molar-refractivity contribution in [2.45, 2.75) is 45.3 Å². The molecule has 0 spiro atoms. The highest BCUT2D eigenvalue weighted by Crippen LogP contribution is 2.26. The fourth-order valence-electron chi connectivity index (χ4n) is 2.36. The van der Waals surface area contributed by atoms with E-state index in [0.29, 0.717) is 11.1 Å². The fourth-order valence-corrected chi connectivity index (χ4v) is 2.36. The number of rotatable bonds is 3. The van der Waals surface area contributed by atoms with Crippen molar-refractivity contribution in [1.82, 2.24) is 0 Å². The minimum Gasteiger partial charge on any atom is -0.373 e. The Morgan fingerprint density at radius 3 is 2.72 bits per heavy atom. The van der Waals surface area contributed by atoms with Crippen LogP contribution in [0.2, 0.25) is 0 Å². The van der Waals surface area contributed by atoms with E-state index in [1.807, 2.05) is 6.07 Å². The van der Waals surface area contributed by atoms with E-state index in [2.05, 4.69) is 6.92 Å². The molecule has 0 atom stereocenters. The van der Waals surface area contributed by atoms with E-state index >= 15 is 0 Å². The van der Waals surface area contributed by atoms with E-state index in [1.54, 1.807) is 6.07 Å². The zero-order valence-corrected chi connectivity index (χ0v) is 10.7. The number of ether oxygens (including phenoxy) is 1. The van der Waals surface area contributed by atoms with Gasteiger partial charge < -0.3 is 4.74 Å². The molecule has 0 radical (unpaired) electrons. The van der Waals surface area contributed by atoms with Crippen LogP contribution in [0.5, 0.6) is 0 Å². The first-order valence-corrected chi connectivity index (χ1v) is 6.49. The second-order valence-corrected chi connectivity index (χ2v) is 5.11. The largest absolute Gasteiger partial charge is 0.373 e. The van der Waals surface area contributed by atoms with Crippen LogP contribution in [-0.2, 0) is 11.3 Å². The quantitative estimate of drug-likeness (QED) is 0.814. The predicted octanol–water partition coefficient (Wildman–Crippen LogP) is 3.79. The van der Waals surface area contributed by atoms with Gasteiger partial charge in [-0.15, -0.1) is 0 Å². The Bertz CT molecular complexity index is 444. The van der Waals surface area contributed by atoms with E-state index in [9.17, 15) is 4.39 Å². The molecule has 0 amide bonds. The Hall–Kier alpha value is -1.40. The third-order valence-electron chi connectivity index (χ3n) is 3.61. The molecule has 0 N–H and O–H groups in total. The van der Waals surface area contributed by atoms with E-state index in [4.69, 9.17) is 10.00 Å². The normalized spacial score (nSPS) is 23.6. The Morgan fingerprint density at radius 2 is 2.06 bits per heavy atom. The van der Waals surface area contributed by atoms with Crippen LogP contribution in [0, 0.1) is 23.1 Å². The molecule has 1 saturated carbocycles. The lowest BCUT2D eigenvalue weighted by Gasteiger charge is -2.26. The zero-order valence-electron chi connectivity index (χ0n) is 10.7. The highest BCUT2D eigenvalue weighted by atomic mass is 19.1. The summed E-state index contributed by atoms with van der Waals surface area (Å²) >= 11 is 0. The lowest BCUT2D eigenvalue weighted by Crippen LogP contribution is -2.20. The monoisotopic (exact) mass is 247 g/mol. The van der Waals surface area contributed by atoms with Gasteiger partial charge in [0, 0.05) is 5.56 Å². The minimum atomic E-state index is -0.293. The van der Waals surface area contributed by atoms with Crippen molar-refractivity contribution < 1.29 is 9.13 Å². The van der Waals surface area contributed by atoms with Crippen LogP contribution >= 0.6 is 0 Å². The maximum absolute atomic E-state index is 13.5. The van der Waals surface area contributed by atoms with Crippen molar-refractivity contribution in [1.29, 1.82) is 5.26 Å². The summed E-state index contributed by atoms with van der Waals surface area (Å²) in [6.45, 7) is 2.52. The number of nitriles is 1. The third kappa shape index (κ3) is 3.30. The molecule has 18 heavy (non-hydrogen) atoms. The van der Waals surface area contributed by atoms with Crippen molar-refractivity contribution in [2.75, 3.05) is 0 Å². The third-order valence-corrected chi connectivity index (χ3v) is 3.61. The van der Waals surface area contributed by atoms with Gasteiger partial charge in [0.15, 0.2) is 0 Å². The molecule has 1 aliphatic rings. The summed E-state index contributed by atoms with van der Waals surface area (Å²) in [7, 11) is 0. The topological polar surface area (TPSA) is 33.0 Å². The van der Waals surface area contributed by atoms with Crippen molar-refractivity contribution in [2.24, 2.45) is 5.92 Å². The number of hydrogen-bond donors (Lipinski definition) is 0. The van der Waals surface area contributed by atoms with Crippen molar-refractivity contribution >= 4 is 0 Å². The maximum Gasteiger partial charge on any atom is 0.128 e. The summed E-state index contributed by atoms with van der Waals surface area (Å²) in [5.74, 6) is 0.488. The van der Waals surface area contributed by atoms with Gasteiger partial charge in [-0.25, -0.2) is 4.39 Å². The first-order valence-electron chi connectivity index (χ1n) is 6.49. The standard InChI is InChI=1S/C15H18FNO/c1-11-2-5-14(6-3-11)18-10-13-8-12(9-17)4-7-15(13)16/h4,7-8,11,14H,2-3,5-6,10H2,1H3. The van der Waals surface area contributed by atoms with Crippen molar-refractivity contribution in [3.8, 4) is 6.07 Å². The lowest BCUT2D eigenvalue weighted by molar-refractivity contribution is 0.00759. The molecule has 0 aliphatic heterocycles. The summed E-state index contributed by atoms with van der Waals surface area (Å²) in [5, 5.41) is 8.79. The van der Waals surface area contributed by atoms with Gasteiger partial charge in [0.05, 0.1) is 24.3 Å². The second kappa shape index (κ2) is 5.97. The Kier molecular flexibility index (Phi) is 4.33. The molecule has 96 valence electrons. The zero-order chi connectivity index (χ0) is 13.0. The summed E-state index contributed by atoms with van der Waals surface area (Å²) in [6.07, 6.45) is 4.73. The van der Waals surface area contributed by atoms with E-state index < -0.39 is 0 Å². The molecule has 1 fully saturated rings. The van der Waals surface area contributed by atoms with Crippen LogP contribution in [0.1, 0.15) is 43.7 Å². The Morgan fingerprint density at radius 1 is 1.33 bits per heavy atom. The lowest BCUT2D eigenvalue weighted by atomic mass is 9.89. The summed E-state index contributed by atoms with van der Waals surface area (Å²) in [4.78, 5) is 0. The van der Waals surface area contributed by atoms with Crippen molar-refractivity contribution in [3.63, 3.8) is 0 Å². The van der Waals surface area contributed by atoms with Gasteiger partial charge in [0.2, 0.25) is 0 Å².